The zero-order valence-corrected chi connectivity index (χ0v) is 15.3. The van der Waals surface area contributed by atoms with Crippen molar-refractivity contribution in [1.29, 1.82) is 0 Å². The molecule has 144 valence electrons. The average molecular weight is 404 g/mol. The van der Waals surface area contributed by atoms with Gasteiger partial charge >= 0.3 is 6.18 Å². The third-order valence-electron chi connectivity index (χ3n) is 3.71. The number of anilines is 1. The molecule has 1 atom stereocenters. The Kier molecular flexibility index (Phi) is 9.75. The number of amides is 1. The molecule has 0 spiro atoms. The van der Waals surface area contributed by atoms with Gasteiger partial charge in [-0.15, -0.1) is 24.8 Å². The van der Waals surface area contributed by atoms with Crippen molar-refractivity contribution >= 4 is 36.4 Å². The number of hydrogen-bond donors (Lipinski definition) is 2. The second-order valence-electron chi connectivity index (χ2n) is 5.36. The molecule has 1 aliphatic rings. The topological polar surface area (TPSA) is 67.6 Å². The van der Waals surface area contributed by atoms with Gasteiger partial charge in [0.15, 0.2) is 0 Å². The van der Waals surface area contributed by atoms with E-state index < -0.39 is 23.8 Å². The minimum Gasteiger partial charge on any atom is -0.366 e. The first-order chi connectivity index (χ1) is 10.8. The summed E-state index contributed by atoms with van der Waals surface area (Å²) < 4.78 is 44.1. The van der Waals surface area contributed by atoms with Crippen LogP contribution in [-0.2, 0) is 22.3 Å². The summed E-state index contributed by atoms with van der Waals surface area (Å²) in [6, 6.07) is 3.32. The van der Waals surface area contributed by atoms with Crippen LogP contribution in [0.1, 0.15) is 18.1 Å². The molecule has 1 unspecified atom stereocenters. The number of alkyl halides is 3. The van der Waals surface area contributed by atoms with Gasteiger partial charge in [-0.3, -0.25) is 9.69 Å². The van der Waals surface area contributed by atoms with Crippen molar-refractivity contribution in [1.82, 2.24) is 4.90 Å². The molecule has 10 heteroatoms. The molecule has 1 aromatic carbocycles. The number of hydrogen-bond acceptors (Lipinski definition) is 4. The molecule has 0 radical (unpaired) electrons. The number of nitrogens with zero attached hydrogens (tertiary/aromatic N) is 1. The number of ether oxygens (including phenoxy) is 1. The third-order valence-corrected chi connectivity index (χ3v) is 3.71. The Bertz CT molecular complexity index is 573. The van der Waals surface area contributed by atoms with Gasteiger partial charge in [0.2, 0.25) is 0 Å². The number of nitrogens with two attached hydrogens (primary N) is 1. The standard InChI is InChI=1S/C15H20F3N3O2.2ClH/c1-2-21-3-4-23-13(9-21)14(22)20-12-6-10(8-19)5-11(7-12)15(16,17)18;;/h5-7,13H,2-4,8-9,19H2,1H3,(H,20,22);2*1H. The average Bonchev–Trinajstić information content (AvgIpc) is 2.53. The normalized spacial score (nSPS) is 18.0. The first-order valence-electron chi connectivity index (χ1n) is 7.39. The van der Waals surface area contributed by atoms with E-state index in [1.54, 1.807) is 0 Å². The van der Waals surface area contributed by atoms with Crippen LogP contribution in [0.3, 0.4) is 0 Å². The van der Waals surface area contributed by atoms with E-state index >= 15 is 0 Å². The monoisotopic (exact) mass is 403 g/mol. The zero-order chi connectivity index (χ0) is 17.0. The van der Waals surface area contributed by atoms with Crippen LogP contribution in [0.15, 0.2) is 18.2 Å². The van der Waals surface area contributed by atoms with Crippen LogP contribution < -0.4 is 11.1 Å². The van der Waals surface area contributed by atoms with Crippen molar-refractivity contribution in [3.8, 4) is 0 Å². The Morgan fingerprint density at radius 1 is 1.36 bits per heavy atom. The van der Waals surface area contributed by atoms with E-state index in [-0.39, 0.29) is 37.0 Å². The van der Waals surface area contributed by atoms with Gasteiger partial charge in [0, 0.05) is 25.3 Å². The first kappa shape index (κ1) is 23.9. The molecule has 1 fully saturated rings. The van der Waals surface area contributed by atoms with Crippen molar-refractivity contribution < 1.29 is 22.7 Å². The van der Waals surface area contributed by atoms with E-state index in [1.165, 1.54) is 6.07 Å². The zero-order valence-electron chi connectivity index (χ0n) is 13.6. The summed E-state index contributed by atoms with van der Waals surface area (Å²) in [5.74, 6) is -0.453. The third kappa shape index (κ3) is 6.63. The van der Waals surface area contributed by atoms with Crippen molar-refractivity contribution in [3.05, 3.63) is 29.3 Å². The minimum absolute atomic E-state index is 0. The fraction of sp³-hybridized carbons (Fsp3) is 0.533. The van der Waals surface area contributed by atoms with Crippen molar-refractivity contribution in [2.75, 3.05) is 31.6 Å². The van der Waals surface area contributed by atoms with Gasteiger partial charge in [0.25, 0.3) is 5.91 Å². The fourth-order valence-corrected chi connectivity index (χ4v) is 2.42. The highest BCUT2D eigenvalue weighted by Crippen LogP contribution is 2.32. The van der Waals surface area contributed by atoms with E-state index in [4.69, 9.17) is 10.5 Å². The summed E-state index contributed by atoms with van der Waals surface area (Å²) in [7, 11) is 0. The number of nitrogens with one attached hydrogen (secondary N) is 1. The number of rotatable bonds is 4. The molecule has 2 rings (SSSR count). The number of carbonyl (C=O) groups excluding carboxylic acids is 1. The van der Waals surface area contributed by atoms with Gasteiger partial charge in [-0.05, 0) is 30.3 Å². The molecule has 0 aliphatic carbocycles. The van der Waals surface area contributed by atoms with Crippen LogP contribution in [0.5, 0.6) is 0 Å². The maximum atomic E-state index is 12.9. The molecule has 1 aromatic rings. The Hall–Kier alpha value is -1.06. The maximum Gasteiger partial charge on any atom is 0.416 e. The molecule has 3 N–H and O–H groups in total. The van der Waals surface area contributed by atoms with E-state index in [1.807, 2.05) is 11.8 Å². The molecule has 0 bridgehead atoms. The number of halogens is 5. The largest absolute Gasteiger partial charge is 0.416 e. The molecule has 5 nitrogen and oxygen atoms in total. The van der Waals surface area contributed by atoms with Gasteiger partial charge in [-0.2, -0.15) is 13.2 Å². The summed E-state index contributed by atoms with van der Waals surface area (Å²) in [4.78, 5) is 14.3. The van der Waals surface area contributed by atoms with Crippen LogP contribution in [-0.4, -0.2) is 43.2 Å². The van der Waals surface area contributed by atoms with Gasteiger partial charge in [-0.25, -0.2) is 0 Å². The summed E-state index contributed by atoms with van der Waals surface area (Å²) in [5, 5.41) is 2.50. The van der Waals surface area contributed by atoms with Crippen molar-refractivity contribution in [3.63, 3.8) is 0 Å². The molecule has 0 aromatic heterocycles. The Morgan fingerprint density at radius 3 is 2.60 bits per heavy atom. The highest BCUT2D eigenvalue weighted by Gasteiger charge is 2.32. The lowest BCUT2D eigenvalue weighted by molar-refractivity contribution is -0.137. The summed E-state index contributed by atoms with van der Waals surface area (Å²) in [6.07, 6.45) is -5.19. The van der Waals surface area contributed by atoms with E-state index in [0.29, 0.717) is 18.7 Å². The predicted octanol–water partition coefficient (Wildman–Crippen LogP) is 2.67. The van der Waals surface area contributed by atoms with Gasteiger partial charge in [0.05, 0.1) is 12.2 Å². The van der Waals surface area contributed by atoms with Crippen molar-refractivity contribution in [2.45, 2.75) is 25.7 Å². The highest BCUT2D eigenvalue weighted by molar-refractivity contribution is 5.94. The molecular weight excluding hydrogens is 382 g/mol. The van der Waals surface area contributed by atoms with Crippen LogP contribution in [0.2, 0.25) is 0 Å². The van der Waals surface area contributed by atoms with Crippen LogP contribution in [0.4, 0.5) is 18.9 Å². The smallest absolute Gasteiger partial charge is 0.366 e. The highest BCUT2D eigenvalue weighted by atomic mass is 35.5. The maximum absolute atomic E-state index is 12.9. The number of likely N-dealkylation sites (N-methyl/N-ethyl adjacent to an activating group) is 1. The molecule has 25 heavy (non-hydrogen) atoms. The molecule has 1 saturated heterocycles. The SMILES string of the molecule is CCN1CCOC(C(=O)Nc2cc(CN)cc(C(F)(F)F)c2)C1.Cl.Cl. The van der Waals surface area contributed by atoms with Gasteiger partial charge in [0.1, 0.15) is 6.10 Å². The molecule has 1 heterocycles. The number of morpholine rings is 1. The van der Waals surface area contributed by atoms with E-state index in [0.717, 1.165) is 25.2 Å². The first-order valence-corrected chi connectivity index (χ1v) is 7.39. The van der Waals surface area contributed by atoms with Gasteiger partial charge < -0.3 is 15.8 Å². The summed E-state index contributed by atoms with van der Waals surface area (Å²) >= 11 is 0. The second kappa shape index (κ2) is 10.2. The second-order valence-corrected chi connectivity index (χ2v) is 5.36. The lowest BCUT2D eigenvalue weighted by Gasteiger charge is -2.31. The molecule has 1 amide bonds. The van der Waals surface area contributed by atoms with Gasteiger partial charge in [-0.1, -0.05) is 6.92 Å². The van der Waals surface area contributed by atoms with Crippen LogP contribution in [0, 0.1) is 0 Å². The fourth-order valence-electron chi connectivity index (χ4n) is 2.42. The van der Waals surface area contributed by atoms with E-state index in [2.05, 4.69) is 5.32 Å². The molecule has 1 aliphatic heterocycles. The Balaban J connectivity index is 0.00000288. The number of carbonyl (C=O) groups is 1. The summed E-state index contributed by atoms with van der Waals surface area (Å²) in [6.45, 7) is 4.29. The van der Waals surface area contributed by atoms with Crippen LogP contribution in [0.25, 0.3) is 0 Å². The minimum atomic E-state index is -4.50. The Morgan fingerprint density at radius 2 is 2.04 bits per heavy atom. The lowest BCUT2D eigenvalue weighted by Crippen LogP contribution is -2.47. The van der Waals surface area contributed by atoms with Crippen LogP contribution >= 0.6 is 24.8 Å². The van der Waals surface area contributed by atoms with Crippen molar-refractivity contribution in [2.24, 2.45) is 5.73 Å². The lowest BCUT2D eigenvalue weighted by atomic mass is 10.1. The summed E-state index contributed by atoms with van der Waals surface area (Å²) in [5.41, 5.74) is 4.96. The number of benzene rings is 1. The van der Waals surface area contributed by atoms with E-state index in [9.17, 15) is 18.0 Å². The predicted molar refractivity (Wildman–Crippen MR) is 94.3 cm³/mol. The quantitative estimate of drug-likeness (QED) is 0.810. The Labute approximate surface area is 156 Å². The molecule has 0 saturated carbocycles. The molecular formula is C15H22Cl2F3N3O2.